The van der Waals surface area contributed by atoms with Crippen molar-refractivity contribution in [3.8, 4) is 0 Å². The van der Waals surface area contributed by atoms with Crippen molar-refractivity contribution in [2.75, 3.05) is 5.32 Å². The van der Waals surface area contributed by atoms with Crippen LogP contribution in [0.5, 0.6) is 0 Å². The molecule has 14 heavy (non-hydrogen) atoms. The first kappa shape index (κ1) is 9.43. The largest absolute Gasteiger partial charge is 0.330 e. The highest BCUT2D eigenvalue weighted by Gasteiger charge is 2.05. The van der Waals surface area contributed by atoms with Crippen LogP contribution in [0, 0.1) is 5.82 Å². The number of nitrogens with one attached hydrogen (secondary N) is 1. The number of hydrogen-bond acceptors (Lipinski definition) is 3. The van der Waals surface area contributed by atoms with Gasteiger partial charge < -0.3 is 5.32 Å². The van der Waals surface area contributed by atoms with Gasteiger partial charge in [-0.2, -0.15) is 0 Å². The average Bonchev–Trinajstić information content (AvgIpc) is 2.66. The maximum Gasteiger partial charge on any atom is 0.187 e. The van der Waals surface area contributed by atoms with Crippen LogP contribution in [0.3, 0.4) is 0 Å². The molecule has 0 atom stereocenters. The lowest BCUT2D eigenvalue weighted by molar-refractivity contribution is 0.629. The summed E-state index contributed by atoms with van der Waals surface area (Å²) in [4.78, 5) is 4.01. The Kier molecular flexibility index (Phi) is 2.65. The Balaban J connectivity index is 2.29. The van der Waals surface area contributed by atoms with Gasteiger partial charge in [-0.05, 0) is 12.1 Å². The van der Waals surface area contributed by atoms with Gasteiger partial charge in [-0.15, -0.1) is 11.3 Å². The summed E-state index contributed by atoms with van der Waals surface area (Å²) in [5, 5.41) is 5.54. The molecule has 0 unspecified atom stereocenters. The topological polar surface area (TPSA) is 24.9 Å². The van der Waals surface area contributed by atoms with E-state index in [0.717, 1.165) is 0 Å². The lowest BCUT2D eigenvalue weighted by Gasteiger charge is -2.04. The fourth-order valence-electron chi connectivity index (χ4n) is 1.00. The molecule has 2 rings (SSSR count). The summed E-state index contributed by atoms with van der Waals surface area (Å²) in [5.74, 6) is -0.437. The van der Waals surface area contributed by atoms with E-state index in [0.29, 0.717) is 10.8 Å². The Morgan fingerprint density at radius 3 is 3.00 bits per heavy atom. The molecule has 0 saturated heterocycles. The smallest absolute Gasteiger partial charge is 0.187 e. The molecule has 0 fully saturated rings. The predicted molar refractivity (Wildman–Crippen MR) is 56.8 cm³/mol. The highest BCUT2D eigenvalue weighted by atomic mass is 35.5. The van der Waals surface area contributed by atoms with Crippen LogP contribution in [0.25, 0.3) is 0 Å². The van der Waals surface area contributed by atoms with E-state index in [9.17, 15) is 4.39 Å². The Morgan fingerprint density at radius 1 is 1.43 bits per heavy atom. The summed E-state index contributed by atoms with van der Waals surface area (Å²) in [6, 6.07) is 4.61. The summed E-state index contributed by atoms with van der Waals surface area (Å²) in [7, 11) is 0. The van der Waals surface area contributed by atoms with Crippen LogP contribution >= 0.6 is 22.9 Å². The van der Waals surface area contributed by atoms with Crippen molar-refractivity contribution in [1.82, 2.24) is 4.98 Å². The van der Waals surface area contributed by atoms with Gasteiger partial charge in [-0.3, -0.25) is 0 Å². The molecule has 0 aliphatic heterocycles. The SMILES string of the molecule is Fc1cccc(Nc2nccs2)c1Cl. The van der Waals surface area contributed by atoms with Crippen molar-refractivity contribution in [1.29, 1.82) is 0 Å². The Bertz CT molecular complexity index is 430. The molecule has 0 saturated carbocycles. The normalized spacial score (nSPS) is 10.1. The minimum atomic E-state index is -0.437. The van der Waals surface area contributed by atoms with Gasteiger partial charge in [0, 0.05) is 11.6 Å². The van der Waals surface area contributed by atoms with Gasteiger partial charge in [0.05, 0.1) is 10.7 Å². The molecule has 0 aliphatic rings. The molecule has 0 bridgehead atoms. The van der Waals surface area contributed by atoms with Gasteiger partial charge in [-0.25, -0.2) is 9.37 Å². The highest BCUT2D eigenvalue weighted by Crippen LogP contribution is 2.28. The molecular formula is C9H6ClFN2S. The second-order valence-electron chi connectivity index (χ2n) is 2.56. The summed E-state index contributed by atoms with van der Waals surface area (Å²) in [5.41, 5.74) is 0.529. The number of hydrogen-bond donors (Lipinski definition) is 1. The number of halogens is 2. The second kappa shape index (κ2) is 3.94. The minimum Gasteiger partial charge on any atom is -0.330 e. The van der Waals surface area contributed by atoms with Crippen molar-refractivity contribution < 1.29 is 4.39 Å². The fraction of sp³-hybridized carbons (Fsp3) is 0. The maximum atomic E-state index is 13.0. The van der Waals surface area contributed by atoms with Gasteiger partial charge in [0.2, 0.25) is 0 Å². The summed E-state index contributed by atoms with van der Waals surface area (Å²) in [6.07, 6.45) is 1.67. The zero-order valence-corrected chi connectivity index (χ0v) is 8.57. The summed E-state index contributed by atoms with van der Waals surface area (Å²) < 4.78 is 13.0. The quantitative estimate of drug-likeness (QED) is 0.848. The van der Waals surface area contributed by atoms with Crippen LogP contribution in [0.4, 0.5) is 15.2 Å². The minimum absolute atomic E-state index is 0.0858. The number of benzene rings is 1. The summed E-state index contributed by atoms with van der Waals surface area (Å²) in [6.45, 7) is 0. The van der Waals surface area contributed by atoms with Crippen molar-refractivity contribution in [2.45, 2.75) is 0 Å². The van der Waals surface area contributed by atoms with Crippen LogP contribution in [0.15, 0.2) is 29.8 Å². The van der Waals surface area contributed by atoms with E-state index in [1.54, 1.807) is 18.3 Å². The first-order chi connectivity index (χ1) is 6.77. The first-order valence-electron chi connectivity index (χ1n) is 3.88. The van der Waals surface area contributed by atoms with Crippen LogP contribution in [-0.2, 0) is 0 Å². The van der Waals surface area contributed by atoms with E-state index < -0.39 is 5.82 Å². The lowest BCUT2D eigenvalue weighted by Crippen LogP contribution is -1.91. The van der Waals surface area contributed by atoms with Gasteiger partial charge in [0.1, 0.15) is 5.82 Å². The van der Waals surface area contributed by atoms with Gasteiger partial charge in [-0.1, -0.05) is 17.7 Å². The first-order valence-corrected chi connectivity index (χ1v) is 5.13. The van der Waals surface area contributed by atoms with Crippen LogP contribution in [0.1, 0.15) is 0 Å². The zero-order valence-electron chi connectivity index (χ0n) is 7.00. The van der Waals surface area contributed by atoms with Crippen molar-refractivity contribution >= 4 is 33.8 Å². The van der Waals surface area contributed by atoms with Crippen LogP contribution in [-0.4, -0.2) is 4.98 Å². The molecular weight excluding hydrogens is 223 g/mol. The molecule has 72 valence electrons. The third kappa shape index (κ3) is 1.86. The van der Waals surface area contributed by atoms with Crippen molar-refractivity contribution in [3.05, 3.63) is 40.6 Å². The van der Waals surface area contributed by atoms with Gasteiger partial charge in [0.15, 0.2) is 5.13 Å². The lowest BCUT2D eigenvalue weighted by atomic mass is 10.3. The predicted octanol–water partition coefficient (Wildman–Crippen LogP) is 3.68. The molecule has 0 amide bonds. The average molecular weight is 229 g/mol. The number of anilines is 2. The third-order valence-electron chi connectivity index (χ3n) is 1.63. The molecule has 1 aromatic carbocycles. The van der Waals surface area contributed by atoms with E-state index in [1.807, 2.05) is 5.38 Å². The molecule has 0 radical (unpaired) electrons. The number of aromatic nitrogens is 1. The number of nitrogens with zero attached hydrogens (tertiary/aromatic N) is 1. The Labute approximate surface area is 89.4 Å². The monoisotopic (exact) mass is 228 g/mol. The number of thiazole rings is 1. The molecule has 0 aliphatic carbocycles. The van der Waals surface area contributed by atoms with Gasteiger partial charge >= 0.3 is 0 Å². The number of rotatable bonds is 2. The summed E-state index contributed by atoms with van der Waals surface area (Å²) >= 11 is 7.18. The van der Waals surface area contributed by atoms with E-state index in [-0.39, 0.29) is 5.02 Å². The van der Waals surface area contributed by atoms with E-state index in [4.69, 9.17) is 11.6 Å². The molecule has 2 nitrogen and oxygen atoms in total. The zero-order chi connectivity index (χ0) is 9.97. The van der Waals surface area contributed by atoms with E-state index >= 15 is 0 Å². The molecule has 1 heterocycles. The molecule has 2 aromatic rings. The van der Waals surface area contributed by atoms with Crippen LogP contribution < -0.4 is 5.32 Å². The highest BCUT2D eigenvalue weighted by molar-refractivity contribution is 7.13. The maximum absolute atomic E-state index is 13.0. The second-order valence-corrected chi connectivity index (χ2v) is 3.84. The van der Waals surface area contributed by atoms with Crippen LogP contribution in [0.2, 0.25) is 5.02 Å². The Morgan fingerprint density at radius 2 is 2.29 bits per heavy atom. The van der Waals surface area contributed by atoms with E-state index in [1.165, 1.54) is 17.4 Å². The molecule has 5 heteroatoms. The Hall–Kier alpha value is -1.13. The molecule has 1 aromatic heterocycles. The van der Waals surface area contributed by atoms with Crippen molar-refractivity contribution in [3.63, 3.8) is 0 Å². The fourth-order valence-corrected chi connectivity index (χ4v) is 1.72. The van der Waals surface area contributed by atoms with Crippen molar-refractivity contribution in [2.24, 2.45) is 0 Å². The standard InChI is InChI=1S/C9H6ClFN2S/c10-8-6(11)2-1-3-7(8)13-9-12-4-5-14-9/h1-5H,(H,12,13). The van der Waals surface area contributed by atoms with E-state index in [2.05, 4.69) is 10.3 Å². The van der Waals surface area contributed by atoms with Gasteiger partial charge in [0.25, 0.3) is 0 Å². The third-order valence-corrected chi connectivity index (χ3v) is 2.70. The molecule has 1 N–H and O–H groups in total. The molecule has 0 spiro atoms.